The van der Waals surface area contributed by atoms with Gasteiger partial charge in [0.1, 0.15) is 0 Å². The molecule has 1 aliphatic carbocycles. The van der Waals surface area contributed by atoms with E-state index in [2.05, 4.69) is 24.4 Å². The minimum atomic E-state index is -0.112. The molecule has 0 spiro atoms. The summed E-state index contributed by atoms with van der Waals surface area (Å²) < 4.78 is 0. The molecule has 2 rings (SSSR count). The van der Waals surface area contributed by atoms with E-state index in [9.17, 15) is 5.11 Å². The van der Waals surface area contributed by atoms with Gasteiger partial charge >= 0.3 is 0 Å². The molecule has 1 saturated carbocycles. The van der Waals surface area contributed by atoms with Crippen LogP contribution in [0.3, 0.4) is 0 Å². The molecule has 3 unspecified atom stereocenters. The third kappa shape index (κ3) is 2.37. The number of aliphatic hydroxyl groups is 1. The predicted octanol–water partition coefficient (Wildman–Crippen LogP) is 3.09. The van der Waals surface area contributed by atoms with E-state index in [0.29, 0.717) is 5.92 Å². The number of aliphatic hydroxyl groups excluding tert-OH is 1. The van der Waals surface area contributed by atoms with Gasteiger partial charge in [-0.2, -0.15) is 0 Å². The summed E-state index contributed by atoms with van der Waals surface area (Å²) in [6, 6.07) is 4.18. The van der Waals surface area contributed by atoms with Gasteiger partial charge in [0.05, 0.1) is 6.10 Å². The highest BCUT2D eigenvalue weighted by atomic mass is 32.1. The fourth-order valence-electron chi connectivity index (χ4n) is 2.40. The number of hydrogen-bond donors (Lipinski definition) is 1. The molecule has 0 bridgehead atoms. The van der Waals surface area contributed by atoms with Crippen molar-refractivity contribution in [2.75, 3.05) is 0 Å². The second-order valence-corrected chi connectivity index (χ2v) is 5.56. The van der Waals surface area contributed by atoms with E-state index in [1.54, 1.807) is 11.3 Å². The molecule has 2 heteroatoms. The van der Waals surface area contributed by atoms with Crippen molar-refractivity contribution in [3.8, 4) is 0 Å². The van der Waals surface area contributed by atoms with Gasteiger partial charge in [-0.1, -0.05) is 19.4 Å². The average Bonchev–Trinajstić information content (AvgIpc) is 2.75. The summed E-state index contributed by atoms with van der Waals surface area (Å²) in [6.07, 6.45) is 4.47. The van der Waals surface area contributed by atoms with Crippen LogP contribution in [0.25, 0.3) is 0 Å². The summed E-state index contributed by atoms with van der Waals surface area (Å²) in [5.74, 6) is 1.37. The molecule has 0 amide bonds. The van der Waals surface area contributed by atoms with Crippen LogP contribution in [0.5, 0.6) is 0 Å². The van der Waals surface area contributed by atoms with Gasteiger partial charge in [-0.15, -0.1) is 11.3 Å². The van der Waals surface area contributed by atoms with Crippen molar-refractivity contribution in [1.29, 1.82) is 0 Å². The summed E-state index contributed by atoms with van der Waals surface area (Å²) >= 11 is 1.75. The lowest BCUT2D eigenvalue weighted by molar-refractivity contribution is 0.110. The third-order valence-electron chi connectivity index (χ3n) is 3.27. The quantitative estimate of drug-likeness (QED) is 0.813. The van der Waals surface area contributed by atoms with E-state index in [1.165, 1.54) is 24.1 Å². The van der Waals surface area contributed by atoms with Crippen molar-refractivity contribution in [3.63, 3.8) is 0 Å². The minimum absolute atomic E-state index is 0.112. The first kappa shape index (κ1) is 10.2. The molecule has 1 fully saturated rings. The molecule has 0 aromatic carbocycles. The molecule has 0 aliphatic heterocycles. The van der Waals surface area contributed by atoms with Crippen molar-refractivity contribution in [2.24, 2.45) is 11.8 Å². The van der Waals surface area contributed by atoms with Gasteiger partial charge in [0.25, 0.3) is 0 Å². The molecule has 78 valence electrons. The maximum atomic E-state index is 10.0. The Morgan fingerprint density at radius 1 is 1.57 bits per heavy atom. The van der Waals surface area contributed by atoms with Crippen LogP contribution in [-0.2, 0) is 6.42 Å². The second kappa shape index (κ2) is 4.45. The predicted molar refractivity (Wildman–Crippen MR) is 60.5 cm³/mol. The molecule has 1 aliphatic rings. The Labute approximate surface area is 89.8 Å². The highest BCUT2D eigenvalue weighted by Crippen LogP contribution is 2.33. The van der Waals surface area contributed by atoms with Crippen LogP contribution < -0.4 is 0 Å². The number of hydrogen-bond acceptors (Lipinski definition) is 2. The second-order valence-electron chi connectivity index (χ2n) is 4.53. The Morgan fingerprint density at radius 3 is 3.00 bits per heavy atom. The zero-order valence-electron chi connectivity index (χ0n) is 8.65. The molecule has 1 aromatic rings. The van der Waals surface area contributed by atoms with Crippen molar-refractivity contribution in [2.45, 2.75) is 38.7 Å². The molecule has 0 saturated heterocycles. The van der Waals surface area contributed by atoms with Crippen molar-refractivity contribution in [3.05, 3.63) is 22.4 Å². The summed E-state index contributed by atoms with van der Waals surface area (Å²) in [5, 5.41) is 12.1. The SMILES string of the molecule is CC1CCC(C(O)Cc2cccs2)C1. The minimum Gasteiger partial charge on any atom is -0.392 e. The van der Waals surface area contributed by atoms with Gasteiger partial charge in [0, 0.05) is 11.3 Å². The van der Waals surface area contributed by atoms with E-state index in [4.69, 9.17) is 0 Å². The monoisotopic (exact) mass is 210 g/mol. The first-order valence-corrected chi connectivity index (χ1v) is 6.34. The van der Waals surface area contributed by atoms with Crippen LogP contribution in [0, 0.1) is 11.8 Å². The zero-order valence-corrected chi connectivity index (χ0v) is 9.46. The normalized spacial score (nSPS) is 29.3. The lowest BCUT2D eigenvalue weighted by Crippen LogP contribution is -2.20. The molecule has 3 atom stereocenters. The van der Waals surface area contributed by atoms with Crippen LogP contribution >= 0.6 is 11.3 Å². The molecule has 1 heterocycles. The van der Waals surface area contributed by atoms with Crippen LogP contribution in [0.2, 0.25) is 0 Å². The Morgan fingerprint density at radius 2 is 2.43 bits per heavy atom. The Kier molecular flexibility index (Phi) is 3.24. The van der Waals surface area contributed by atoms with Crippen LogP contribution in [-0.4, -0.2) is 11.2 Å². The number of rotatable bonds is 3. The molecule has 1 nitrogen and oxygen atoms in total. The lowest BCUT2D eigenvalue weighted by Gasteiger charge is -2.16. The van der Waals surface area contributed by atoms with E-state index in [-0.39, 0.29) is 6.10 Å². The summed E-state index contributed by atoms with van der Waals surface area (Å²) in [6.45, 7) is 2.29. The summed E-state index contributed by atoms with van der Waals surface area (Å²) in [7, 11) is 0. The fraction of sp³-hybridized carbons (Fsp3) is 0.667. The first-order chi connectivity index (χ1) is 6.75. The van der Waals surface area contributed by atoms with Gasteiger partial charge in [-0.3, -0.25) is 0 Å². The highest BCUT2D eigenvalue weighted by Gasteiger charge is 2.27. The molecule has 1 aromatic heterocycles. The highest BCUT2D eigenvalue weighted by molar-refractivity contribution is 7.09. The summed E-state index contributed by atoms with van der Waals surface area (Å²) in [5.41, 5.74) is 0. The molecular formula is C12H18OS. The van der Waals surface area contributed by atoms with Crippen LogP contribution in [0.1, 0.15) is 31.1 Å². The van der Waals surface area contributed by atoms with E-state index >= 15 is 0 Å². The Balaban J connectivity index is 1.87. The number of thiophene rings is 1. The maximum absolute atomic E-state index is 10.0. The van der Waals surface area contributed by atoms with Gasteiger partial charge in [-0.05, 0) is 36.1 Å². The lowest BCUT2D eigenvalue weighted by atomic mass is 9.96. The fourth-order valence-corrected chi connectivity index (χ4v) is 3.16. The van der Waals surface area contributed by atoms with Crippen molar-refractivity contribution in [1.82, 2.24) is 0 Å². The Hall–Kier alpha value is -0.340. The van der Waals surface area contributed by atoms with Gasteiger partial charge in [-0.25, -0.2) is 0 Å². The van der Waals surface area contributed by atoms with Gasteiger partial charge in [0.2, 0.25) is 0 Å². The largest absolute Gasteiger partial charge is 0.392 e. The average molecular weight is 210 g/mol. The first-order valence-electron chi connectivity index (χ1n) is 5.46. The summed E-state index contributed by atoms with van der Waals surface area (Å²) in [4.78, 5) is 1.32. The molecule has 1 N–H and O–H groups in total. The topological polar surface area (TPSA) is 20.2 Å². The molecule has 0 radical (unpaired) electrons. The van der Waals surface area contributed by atoms with E-state index in [0.717, 1.165) is 12.3 Å². The Bertz CT molecular complexity index is 268. The molecular weight excluding hydrogens is 192 g/mol. The van der Waals surface area contributed by atoms with Gasteiger partial charge < -0.3 is 5.11 Å². The third-order valence-corrected chi connectivity index (χ3v) is 4.17. The van der Waals surface area contributed by atoms with Gasteiger partial charge in [0.15, 0.2) is 0 Å². The smallest absolute Gasteiger partial charge is 0.0616 e. The van der Waals surface area contributed by atoms with Crippen LogP contribution in [0.4, 0.5) is 0 Å². The van der Waals surface area contributed by atoms with E-state index < -0.39 is 0 Å². The van der Waals surface area contributed by atoms with E-state index in [1.807, 2.05) is 0 Å². The van der Waals surface area contributed by atoms with Crippen molar-refractivity contribution < 1.29 is 5.11 Å². The zero-order chi connectivity index (χ0) is 9.97. The standard InChI is InChI=1S/C12H18OS/c1-9-4-5-10(7-9)12(13)8-11-3-2-6-14-11/h2-3,6,9-10,12-13H,4-5,7-8H2,1H3. The van der Waals surface area contributed by atoms with Crippen molar-refractivity contribution >= 4 is 11.3 Å². The maximum Gasteiger partial charge on any atom is 0.0616 e. The van der Waals surface area contributed by atoms with Crippen LogP contribution in [0.15, 0.2) is 17.5 Å². The molecule has 14 heavy (non-hydrogen) atoms.